The molecule has 18 heavy (non-hydrogen) atoms. The molecular formula is C12H19F2NO3. The minimum Gasteiger partial charge on any atom is -0.481 e. The van der Waals surface area contributed by atoms with Crippen LogP contribution in [0.1, 0.15) is 46.0 Å². The van der Waals surface area contributed by atoms with Crippen molar-refractivity contribution in [2.45, 2.75) is 57.4 Å². The molecule has 1 aliphatic carbocycles. The number of nitrogens with one attached hydrogen (secondary N) is 1. The van der Waals surface area contributed by atoms with Gasteiger partial charge in [0.1, 0.15) is 0 Å². The van der Waals surface area contributed by atoms with Crippen LogP contribution >= 0.6 is 0 Å². The van der Waals surface area contributed by atoms with E-state index in [1.807, 2.05) is 0 Å². The predicted octanol–water partition coefficient (Wildman–Crippen LogP) is 2.18. The molecule has 0 saturated heterocycles. The molecule has 1 saturated carbocycles. The van der Waals surface area contributed by atoms with Crippen LogP contribution < -0.4 is 5.32 Å². The van der Waals surface area contributed by atoms with Gasteiger partial charge in [-0.25, -0.2) is 0 Å². The number of hydrogen-bond acceptors (Lipinski definition) is 2. The molecule has 0 unspecified atom stereocenters. The lowest BCUT2D eigenvalue weighted by Crippen LogP contribution is -2.58. The number of carboxylic acid groups (broad SMARTS) is 1. The minimum absolute atomic E-state index is 0.295. The van der Waals surface area contributed by atoms with Crippen LogP contribution in [0.4, 0.5) is 8.78 Å². The van der Waals surface area contributed by atoms with Crippen molar-refractivity contribution >= 4 is 11.9 Å². The van der Waals surface area contributed by atoms with E-state index in [1.165, 1.54) is 0 Å². The van der Waals surface area contributed by atoms with Gasteiger partial charge in [-0.05, 0) is 25.2 Å². The van der Waals surface area contributed by atoms with Crippen LogP contribution in [0.2, 0.25) is 0 Å². The fourth-order valence-electron chi connectivity index (χ4n) is 2.18. The van der Waals surface area contributed by atoms with E-state index in [-0.39, 0.29) is 12.3 Å². The van der Waals surface area contributed by atoms with Crippen molar-refractivity contribution in [2.24, 2.45) is 5.92 Å². The Bertz CT molecular complexity index is 338. The third-order valence-corrected chi connectivity index (χ3v) is 3.18. The lowest BCUT2D eigenvalue weighted by atomic mass is 9.74. The van der Waals surface area contributed by atoms with Crippen molar-refractivity contribution in [1.29, 1.82) is 0 Å². The summed E-state index contributed by atoms with van der Waals surface area (Å²) in [6, 6.07) is 0. The molecule has 1 rings (SSSR count). The highest BCUT2D eigenvalue weighted by Crippen LogP contribution is 2.36. The Morgan fingerprint density at radius 1 is 1.39 bits per heavy atom. The van der Waals surface area contributed by atoms with Crippen LogP contribution in [0.5, 0.6) is 0 Å². The third kappa shape index (κ3) is 3.65. The van der Waals surface area contributed by atoms with E-state index in [2.05, 4.69) is 5.32 Å². The van der Waals surface area contributed by atoms with Crippen molar-refractivity contribution in [3.63, 3.8) is 0 Å². The van der Waals surface area contributed by atoms with Crippen molar-refractivity contribution in [1.82, 2.24) is 5.32 Å². The molecule has 0 aromatic carbocycles. The second-order valence-corrected chi connectivity index (χ2v) is 5.46. The zero-order valence-corrected chi connectivity index (χ0v) is 10.6. The standard InChI is InChI=1S/C12H19F2NO3/c1-8(2)6-12(13,14)10(18)15-11(4-3-5-11)7-9(16)17/h8H,3-7H2,1-2H3,(H,15,18)(H,16,17). The maximum Gasteiger partial charge on any atom is 0.324 e. The summed E-state index contributed by atoms with van der Waals surface area (Å²) in [5.41, 5.74) is -0.969. The lowest BCUT2D eigenvalue weighted by Gasteiger charge is -2.42. The molecule has 0 heterocycles. The van der Waals surface area contributed by atoms with E-state index < -0.39 is 29.8 Å². The predicted molar refractivity (Wildman–Crippen MR) is 61.4 cm³/mol. The maximum atomic E-state index is 13.5. The normalized spacial score (nSPS) is 18.3. The number of alkyl halides is 2. The lowest BCUT2D eigenvalue weighted by molar-refractivity contribution is -0.152. The summed E-state index contributed by atoms with van der Waals surface area (Å²) in [7, 11) is 0. The highest BCUT2D eigenvalue weighted by Gasteiger charge is 2.47. The Morgan fingerprint density at radius 2 is 1.94 bits per heavy atom. The smallest absolute Gasteiger partial charge is 0.324 e. The quantitative estimate of drug-likeness (QED) is 0.772. The first-order chi connectivity index (χ1) is 8.17. The molecular weight excluding hydrogens is 244 g/mol. The van der Waals surface area contributed by atoms with Crippen molar-refractivity contribution < 1.29 is 23.5 Å². The number of amides is 1. The zero-order valence-electron chi connectivity index (χ0n) is 10.6. The average Bonchev–Trinajstić information content (AvgIpc) is 2.11. The van der Waals surface area contributed by atoms with Crippen LogP contribution in [0.3, 0.4) is 0 Å². The van der Waals surface area contributed by atoms with E-state index in [1.54, 1.807) is 13.8 Å². The SMILES string of the molecule is CC(C)CC(F)(F)C(=O)NC1(CC(=O)O)CCC1. The van der Waals surface area contributed by atoms with Gasteiger partial charge >= 0.3 is 11.9 Å². The molecule has 4 nitrogen and oxygen atoms in total. The molecule has 1 aliphatic rings. The number of rotatable bonds is 6. The zero-order chi connectivity index (χ0) is 14.0. The van der Waals surface area contributed by atoms with Crippen LogP contribution in [-0.2, 0) is 9.59 Å². The number of carbonyl (C=O) groups excluding carboxylic acids is 1. The van der Waals surface area contributed by atoms with E-state index in [0.29, 0.717) is 12.8 Å². The first-order valence-electron chi connectivity index (χ1n) is 6.09. The molecule has 1 fully saturated rings. The van der Waals surface area contributed by atoms with Gasteiger partial charge in [-0.3, -0.25) is 9.59 Å². The largest absolute Gasteiger partial charge is 0.481 e. The topological polar surface area (TPSA) is 66.4 Å². The van der Waals surface area contributed by atoms with Gasteiger partial charge in [-0.1, -0.05) is 13.8 Å². The van der Waals surface area contributed by atoms with Gasteiger partial charge in [0.2, 0.25) is 0 Å². The summed E-state index contributed by atoms with van der Waals surface area (Å²) in [5.74, 6) is -6.17. The van der Waals surface area contributed by atoms with Gasteiger partial charge in [-0.15, -0.1) is 0 Å². The first kappa shape index (κ1) is 14.9. The molecule has 2 N–H and O–H groups in total. The molecule has 0 aromatic rings. The summed E-state index contributed by atoms with van der Waals surface area (Å²) in [4.78, 5) is 22.2. The fraction of sp³-hybridized carbons (Fsp3) is 0.833. The van der Waals surface area contributed by atoms with Gasteiger partial charge in [0, 0.05) is 6.42 Å². The van der Waals surface area contributed by atoms with Crippen LogP contribution in [0.15, 0.2) is 0 Å². The second kappa shape index (κ2) is 5.20. The van der Waals surface area contributed by atoms with Crippen molar-refractivity contribution in [2.75, 3.05) is 0 Å². The fourth-order valence-corrected chi connectivity index (χ4v) is 2.18. The molecule has 0 bridgehead atoms. The Hall–Kier alpha value is -1.20. The average molecular weight is 263 g/mol. The summed E-state index contributed by atoms with van der Waals surface area (Å²) >= 11 is 0. The molecule has 0 aliphatic heterocycles. The first-order valence-corrected chi connectivity index (χ1v) is 6.09. The van der Waals surface area contributed by atoms with Gasteiger partial charge < -0.3 is 10.4 Å². The molecule has 0 atom stereocenters. The monoisotopic (exact) mass is 263 g/mol. The van der Waals surface area contributed by atoms with Crippen molar-refractivity contribution in [3.05, 3.63) is 0 Å². The summed E-state index contributed by atoms with van der Waals surface area (Å²) in [6.07, 6.45) is 0.827. The summed E-state index contributed by atoms with van der Waals surface area (Å²) in [6.45, 7) is 3.22. The molecule has 1 amide bonds. The third-order valence-electron chi connectivity index (χ3n) is 3.18. The summed E-state index contributed by atoms with van der Waals surface area (Å²) < 4.78 is 27.1. The molecule has 104 valence electrons. The number of aliphatic carboxylic acids is 1. The Kier molecular flexibility index (Phi) is 4.29. The number of halogens is 2. The van der Waals surface area contributed by atoms with Crippen LogP contribution in [0.25, 0.3) is 0 Å². The molecule has 6 heteroatoms. The number of carboxylic acids is 1. The maximum absolute atomic E-state index is 13.5. The highest BCUT2D eigenvalue weighted by atomic mass is 19.3. The van der Waals surface area contributed by atoms with Gasteiger partial charge in [0.25, 0.3) is 5.91 Å². The van der Waals surface area contributed by atoms with E-state index >= 15 is 0 Å². The van der Waals surface area contributed by atoms with Gasteiger partial charge in [0.05, 0.1) is 12.0 Å². The van der Waals surface area contributed by atoms with Crippen molar-refractivity contribution in [3.8, 4) is 0 Å². The van der Waals surface area contributed by atoms with E-state index in [0.717, 1.165) is 6.42 Å². The minimum atomic E-state index is -3.44. The summed E-state index contributed by atoms with van der Waals surface area (Å²) in [5, 5.41) is 11.0. The van der Waals surface area contributed by atoms with Gasteiger partial charge in [0.15, 0.2) is 0 Å². The van der Waals surface area contributed by atoms with E-state index in [9.17, 15) is 18.4 Å². The molecule has 0 aromatic heterocycles. The Labute approximate surface area is 105 Å². The second-order valence-electron chi connectivity index (χ2n) is 5.46. The number of carbonyl (C=O) groups is 2. The van der Waals surface area contributed by atoms with Gasteiger partial charge in [-0.2, -0.15) is 8.78 Å². The Balaban J connectivity index is 2.65. The van der Waals surface area contributed by atoms with Crippen LogP contribution in [-0.4, -0.2) is 28.4 Å². The number of hydrogen-bond donors (Lipinski definition) is 2. The van der Waals surface area contributed by atoms with Crippen LogP contribution in [0, 0.1) is 5.92 Å². The molecule has 0 spiro atoms. The molecule has 0 radical (unpaired) electrons. The Morgan fingerprint density at radius 3 is 2.28 bits per heavy atom. The highest BCUT2D eigenvalue weighted by molar-refractivity contribution is 5.85. The van der Waals surface area contributed by atoms with E-state index in [4.69, 9.17) is 5.11 Å².